The number of cyclic esters (lactones) is 1. The number of fused-ring (bicyclic) bond motifs is 5. The van der Waals surface area contributed by atoms with Crippen LogP contribution in [0.3, 0.4) is 0 Å². The Bertz CT molecular complexity index is 1670. The molecule has 352 valence electrons. The summed E-state index contributed by atoms with van der Waals surface area (Å²) >= 11 is 0. The topological polar surface area (TPSA) is 216 Å². The number of nitrogens with zero attached hydrogens (tertiary/aromatic N) is 1. The van der Waals surface area contributed by atoms with Crippen molar-refractivity contribution < 1.29 is 63.6 Å². The highest BCUT2D eigenvalue weighted by Crippen LogP contribution is 2.67. The van der Waals surface area contributed by atoms with Gasteiger partial charge >= 0.3 is 5.97 Å². The van der Waals surface area contributed by atoms with Crippen molar-refractivity contribution >= 4 is 17.7 Å². The number of esters is 1. The number of halogens is 1. The van der Waals surface area contributed by atoms with Crippen LogP contribution in [-0.4, -0.2) is 146 Å². The van der Waals surface area contributed by atoms with Crippen LogP contribution in [-0.2, 0) is 28.6 Å². The van der Waals surface area contributed by atoms with E-state index in [9.17, 15) is 45.0 Å². The van der Waals surface area contributed by atoms with Gasteiger partial charge in [-0.3, -0.25) is 19.3 Å². The van der Waals surface area contributed by atoms with E-state index in [0.717, 1.165) is 12.8 Å². The summed E-state index contributed by atoms with van der Waals surface area (Å²) in [5.41, 5.74) is -3.30. The molecule has 3 saturated carbocycles. The number of aliphatic hydroxyl groups is 6. The fraction of sp³-hybridized carbons (Fsp3) is 0.851. The van der Waals surface area contributed by atoms with Gasteiger partial charge < -0.3 is 50.2 Å². The van der Waals surface area contributed by atoms with Crippen LogP contribution in [0.5, 0.6) is 0 Å². The monoisotopic (exact) mass is 879 g/mol. The molecule has 5 unspecified atom stereocenters. The molecular weight excluding hydrogens is 804 g/mol. The molecule has 0 bridgehead atoms. The molecule has 0 spiro atoms. The van der Waals surface area contributed by atoms with Crippen LogP contribution in [0.25, 0.3) is 0 Å². The molecule has 0 aromatic rings. The molecule has 4 aliphatic carbocycles. The number of amides is 1. The Labute approximate surface area is 366 Å². The lowest BCUT2D eigenvalue weighted by Gasteiger charge is -2.60. The summed E-state index contributed by atoms with van der Waals surface area (Å²) in [5, 5.41) is 72.9. The maximum Gasteiger partial charge on any atom is 0.311 e. The number of rotatable bonds is 8. The average Bonchev–Trinajstić information content (AvgIpc) is 3.51. The summed E-state index contributed by atoms with van der Waals surface area (Å²) in [6.07, 6.45) is -0.831. The van der Waals surface area contributed by atoms with Gasteiger partial charge in [0.2, 0.25) is 0 Å². The van der Waals surface area contributed by atoms with E-state index in [2.05, 4.69) is 5.32 Å². The summed E-state index contributed by atoms with van der Waals surface area (Å²) in [6.45, 7) is 13.3. The lowest BCUT2D eigenvalue weighted by molar-refractivity contribution is -0.243. The molecule has 7 N–H and O–H groups in total. The van der Waals surface area contributed by atoms with Crippen molar-refractivity contribution in [3.63, 3.8) is 0 Å². The van der Waals surface area contributed by atoms with Crippen molar-refractivity contribution in [2.75, 3.05) is 19.6 Å². The number of hydrogen-bond donors (Lipinski definition) is 7. The molecule has 14 nitrogen and oxygen atoms in total. The van der Waals surface area contributed by atoms with E-state index in [1.54, 1.807) is 26.8 Å². The Kier molecular flexibility index (Phi) is 15.6. The molecule has 1 amide bonds. The highest BCUT2D eigenvalue weighted by molar-refractivity contribution is 6.01. The van der Waals surface area contributed by atoms with Crippen molar-refractivity contribution in [2.24, 2.45) is 40.4 Å². The normalized spacial score (nSPS) is 47.2. The lowest BCUT2D eigenvalue weighted by Crippen LogP contribution is -2.64. The average molecular weight is 879 g/mol. The fourth-order valence-electron chi connectivity index (χ4n) is 12.5. The van der Waals surface area contributed by atoms with Gasteiger partial charge in [0.15, 0.2) is 12.1 Å². The van der Waals surface area contributed by atoms with Crippen LogP contribution in [0.1, 0.15) is 119 Å². The molecule has 6 rings (SSSR count). The Hall–Kier alpha value is -2.34. The molecular formula is C47H75FN2O12. The van der Waals surface area contributed by atoms with E-state index in [1.165, 1.54) is 19.1 Å². The van der Waals surface area contributed by atoms with Gasteiger partial charge in [-0.15, -0.1) is 0 Å². The number of carbonyl (C=O) groups excluding carboxylic acids is 3. The first-order valence-corrected chi connectivity index (χ1v) is 23.4. The molecule has 15 heteroatoms. The number of ketones is 1. The molecule has 19 atom stereocenters. The summed E-state index contributed by atoms with van der Waals surface area (Å²) in [6, 6.07) is -0.652. The second-order valence-electron chi connectivity index (χ2n) is 20.2. The predicted molar refractivity (Wildman–Crippen MR) is 227 cm³/mol. The van der Waals surface area contributed by atoms with Crippen molar-refractivity contribution in [2.45, 2.75) is 192 Å². The van der Waals surface area contributed by atoms with E-state index in [0.29, 0.717) is 44.3 Å². The number of hydrogen-bond acceptors (Lipinski definition) is 13. The third-order valence-electron chi connectivity index (χ3n) is 16.4. The third-order valence-corrected chi connectivity index (χ3v) is 16.4. The SMILES string of the molecule is CC[C@H]1OC(=O)[C@H](C)C(O)[C@H](C)C(O[C@H]2CCC[C@@H](C)O2)[C@H](O)CCCN(CCCNC(=O)[C@@]2(O)CCC3C4C[C@H](F)C5=CC(=O)C=C[C@]5(C)C4[C@@H](O)C[C@@]32C)[C@H](C)[C@@H](O)[C@@H]1O. The second-order valence-corrected chi connectivity index (χ2v) is 20.2. The van der Waals surface area contributed by atoms with Crippen LogP contribution in [0, 0.1) is 40.4 Å². The largest absolute Gasteiger partial charge is 0.459 e. The van der Waals surface area contributed by atoms with Gasteiger partial charge in [-0.1, -0.05) is 33.8 Å². The maximum absolute atomic E-state index is 15.8. The van der Waals surface area contributed by atoms with Crippen molar-refractivity contribution in [1.29, 1.82) is 0 Å². The van der Waals surface area contributed by atoms with Gasteiger partial charge in [0.05, 0.1) is 42.5 Å². The molecule has 0 aromatic heterocycles. The number of allylic oxidation sites excluding steroid dienone is 4. The zero-order valence-corrected chi connectivity index (χ0v) is 37.8. The molecule has 2 saturated heterocycles. The van der Waals surface area contributed by atoms with Crippen LogP contribution in [0.4, 0.5) is 4.39 Å². The minimum Gasteiger partial charge on any atom is -0.459 e. The first-order valence-electron chi connectivity index (χ1n) is 23.4. The molecule has 6 aliphatic rings. The molecule has 62 heavy (non-hydrogen) atoms. The number of nitrogens with one attached hydrogen (secondary N) is 1. The summed E-state index contributed by atoms with van der Waals surface area (Å²) < 4.78 is 34.0. The molecule has 2 aliphatic heterocycles. The van der Waals surface area contributed by atoms with Crippen molar-refractivity contribution in [3.8, 4) is 0 Å². The van der Waals surface area contributed by atoms with Crippen LogP contribution >= 0.6 is 0 Å². The Morgan fingerprint density at radius 1 is 0.984 bits per heavy atom. The van der Waals surface area contributed by atoms with Crippen LogP contribution in [0.2, 0.25) is 0 Å². The van der Waals surface area contributed by atoms with E-state index >= 15 is 4.39 Å². The van der Waals surface area contributed by atoms with Gasteiger partial charge in [-0.2, -0.15) is 0 Å². The zero-order valence-electron chi connectivity index (χ0n) is 37.8. The number of aliphatic hydroxyl groups excluding tert-OH is 5. The summed E-state index contributed by atoms with van der Waals surface area (Å²) in [4.78, 5) is 41.6. The second kappa shape index (κ2) is 19.6. The van der Waals surface area contributed by atoms with Gasteiger partial charge in [-0.25, -0.2) is 4.39 Å². The van der Waals surface area contributed by atoms with E-state index in [1.807, 2.05) is 25.7 Å². The standard InChI is InChI=1S/C47H75FN2O12/c1-8-36-41(56)40(55)28(5)50(20-10-13-34(52)42(62-37-14-9-12-25(2)60-37)26(3)39(54)27(4)43(57)61-36)21-11-19-49-44(58)47(59)18-16-31-30-23-33(48)32-22-29(51)15-17-45(32,6)38(30)35(53)24-46(31,47)7/h15,17,22,25-28,30-31,33-42,52-56,59H,8-14,16,18-21,23-24H2,1-7H3,(H,49,58)/t25-,26+,27-,28-,30?,31?,33+,34-,35+,36-,37+,38?,39?,40-,41-,42?,45+,46+,47+/m1/s1. The quantitative estimate of drug-likeness (QED) is 0.138. The Balaban J connectivity index is 1.13. The Morgan fingerprint density at radius 3 is 2.40 bits per heavy atom. The van der Waals surface area contributed by atoms with Gasteiger partial charge in [-0.05, 0) is 128 Å². The maximum atomic E-state index is 15.8. The minimum absolute atomic E-state index is 0.0267. The first kappa shape index (κ1) is 49.1. The summed E-state index contributed by atoms with van der Waals surface area (Å²) in [5.74, 6) is -4.20. The predicted octanol–water partition coefficient (Wildman–Crippen LogP) is 3.27. The van der Waals surface area contributed by atoms with Crippen molar-refractivity contribution in [3.05, 3.63) is 23.8 Å². The van der Waals surface area contributed by atoms with E-state index < -0.39 is 101 Å². The van der Waals surface area contributed by atoms with E-state index in [4.69, 9.17) is 14.2 Å². The molecule has 5 fully saturated rings. The number of ether oxygens (including phenoxy) is 3. The number of carbonyl (C=O) groups is 3. The zero-order chi connectivity index (χ0) is 45.5. The molecule has 0 aromatic carbocycles. The fourth-order valence-corrected chi connectivity index (χ4v) is 12.5. The van der Waals surface area contributed by atoms with E-state index in [-0.39, 0.29) is 68.3 Å². The van der Waals surface area contributed by atoms with Crippen molar-refractivity contribution in [1.82, 2.24) is 10.2 Å². The Morgan fingerprint density at radius 2 is 1.71 bits per heavy atom. The number of alkyl halides is 1. The van der Waals surface area contributed by atoms with Gasteiger partial charge in [0.25, 0.3) is 5.91 Å². The van der Waals surface area contributed by atoms with Gasteiger partial charge in [0, 0.05) is 41.8 Å². The lowest BCUT2D eigenvalue weighted by atomic mass is 9.46. The molecule has 0 radical (unpaired) electrons. The molecule has 2 heterocycles. The first-order chi connectivity index (χ1) is 29.2. The van der Waals surface area contributed by atoms with Crippen LogP contribution in [0.15, 0.2) is 23.8 Å². The highest BCUT2D eigenvalue weighted by Gasteiger charge is 2.69. The summed E-state index contributed by atoms with van der Waals surface area (Å²) in [7, 11) is 0. The third kappa shape index (κ3) is 9.36. The highest BCUT2D eigenvalue weighted by atomic mass is 19.1. The smallest absolute Gasteiger partial charge is 0.311 e. The van der Waals surface area contributed by atoms with Gasteiger partial charge in [0.1, 0.15) is 24.0 Å². The van der Waals surface area contributed by atoms with Crippen LogP contribution < -0.4 is 5.32 Å². The minimum atomic E-state index is -1.81.